The molecule has 0 saturated heterocycles. The summed E-state index contributed by atoms with van der Waals surface area (Å²) in [5, 5.41) is 0.553. The Kier molecular flexibility index (Phi) is 3.21. The van der Waals surface area contributed by atoms with E-state index >= 15 is 0 Å². The van der Waals surface area contributed by atoms with Gasteiger partial charge in [0.05, 0.1) is 12.4 Å². The van der Waals surface area contributed by atoms with Crippen LogP contribution in [0.15, 0.2) is 23.3 Å². The zero-order valence-electron chi connectivity index (χ0n) is 8.78. The molecule has 1 aliphatic heterocycles. The molecular formula is C11H14ClN3. The van der Waals surface area contributed by atoms with Gasteiger partial charge in [0.15, 0.2) is 0 Å². The van der Waals surface area contributed by atoms with Crippen LogP contribution >= 0.6 is 11.6 Å². The summed E-state index contributed by atoms with van der Waals surface area (Å²) in [6.45, 7) is 5.06. The average molecular weight is 224 g/mol. The van der Waals surface area contributed by atoms with Gasteiger partial charge < -0.3 is 4.90 Å². The molecule has 0 N–H and O–H groups in total. The van der Waals surface area contributed by atoms with Crippen molar-refractivity contribution in [3.8, 4) is 0 Å². The molecule has 0 bridgehead atoms. The highest BCUT2D eigenvalue weighted by molar-refractivity contribution is 6.29. The molecule has 0 atom stereocenters. The van der Waals surface area contributed by atoms with Gasteiger partial charge >= 0.3 is 0 Å². The minimum Gasteiger partial charge on any atom is -0.358 e. The number of hydrogen-bond acceptors (Lipinski definition) is 3. The Morgan fingerprint density at radius 3 is 2.93 bits per heavy atom. The third kappa shape index (κ3) is 2.69. The van der Waals surface area contributed by atoms with Crippen molar-refractivity contribution in [3.63, 3.8) is 0 Å². The van der Waals surface area contributed by atoms with E-state index in [0.717, 1.165) is 31.9 Å². The van der Waals surface area contributed by atoms with Crippen molar-refractivity contribution in [1.29, 1.82) is 0 Å². The first-order valence-corrected chi connectivity index (χ1v) is 5.50. The number of aliphatic imine (C=N–C) groups is 1. The minimum atomic E-state index is 0.553. The van der Waals surface area contributed by atoms with Gasteiger partial charge in [-0.3, -0.25) is 4.99 Å². The number of aromatic nitrogens is 1. The van der Waals surface area contributed by atoms with Crippen molar-refractivity contribution in [2.24, 2.45) is 4.99 Å². The van der Waals surface area contributed by atoms with Crippen LogP contribution in [0, 0.1) is 0 Å². The molecule has 0 aliphatic carbocycles. The van der Waals surface area contributed by atoms with Crippen molar-refractivity contribution < 1.29 is 0 Å². The van der Waals surface area contributed by atoms with Gasteiger partial charge in [-0.1, -0.05) is 17.7 Å². The molecule has 2 heterocycles. The molecule has 0 aromatic carbocycles. The predicted molar refractivity (Wildman–Crippen MR) is 62.5 cm³/mol. The smallest absolute Gasteiger partial charge is 0.129 e. The first kappa shape index (κ1) is 10.4. The Morgan fingerprint density at radius 1 is 1.47 bits per heavy atom. The van der Waals surface area contributed by atoms with Gasteiger partial charge in [0.1, 0.15) is 5.15 Å². The van der Waals surface area contributed by atoms with E-state index in [9.17, 15) is 0 Å². The third-order valence-corrected chi connectivity index (χ3v) is 2.85. The summed E-state index contributed by atoms with van der Waals surface area (Å²) in [7, 11) is 0. The molecule has 0 spiro atoms. The lowest BCUT2D eigenvalue weighted by Gasteiger charge is -2.17. The number of hydrogen-bond donors (Lipinski definition) is 0. The number of amidine groups is 1. The lowest BCUT2D eigenvalue weighted by molar-refractivity contribution is 0.459. The fraction of sp³-hybridized carbons (Fsp3) is 0.455. The number of pyridine rings is 1. The summed E-state index contributed by atoms with van der Waals surface area (Å²) in [5.74, 6) is 1.15. The Morgan fingerprint density at radius 2 is 2.33 bits per heavy atom. The van der Waals surface area contributed by atoms with Crippen LogP contribution in [0.3, 0.4) is 0 Å². The van der Waals surface area contributed by atoms with Crippen LogP contribution in [0.1, 0.15) is 12.5 Å². The third-order valence-electron chi connectivity index (χ3n) is 2.63. The topological polar surface area (TPSA) is 28.5 Å². The van der Waals surface area contributed by atoms with Crippen molar-refractivity contribution >= 4 is 17.4 Å². The molecule has 15 heavy (non-hydrogen) atoms. The Hall–Kier alpha value is -1.09. The van der Waals surface area contributed by atoms with Crippen LogP contribution in [-0.2, 0) is 6.42 Å². The second kappa shape index (κ2) is 4.62. The summed E-state index contributed by atoms with van der Waals surface area (Å²) in [4.78, 5) is 10.7. The first-order valence-electron chi connectivity index (χ1n) is 5.12. The van der Waals surface area contributed by atoms with E-state index in [2.05, 4.69) is 21.8 Å². The largest absolute Gasteiger partial charge is 0.358 e. The van der Waals surface area contributed by atoms with E-state index in [1.165, 1.54) is 5.56 Å². The highest BCUT2D eigenvalue weighted by atomic mass is 35.5. The van der Waals surface area contributed by atoms with Gasteiger partial charge in [-0.05, 0) is 25.0 Å². The number of nitrogens with zero attached hydrogens (tertiary/aromatic N) is 3. The second-order valence-corrected chi connectivity index (χ2v) is 4.04. The zero-order chi connectivity index (χ0) is 10.7. The zero-order valence-corrected chi connectivity index (χ0v) is 9.54. The van der Waals surface area contributed by atoms with Crippen LogP contribution in [0.2, 0.25) is 5.15 Å². The van der Waals surface area contributed by atoms with Gasteiger partial charge in [0.2, 0.25) is 0 Å². The van der Waals surface area contributed by atoms with E-state index in [-0.39, 0.29) is 0 Å². The molecular weight excluding hydrogens is 210 g/mol. The average Bonchev–Trinajstić information content (AvgIpc) is 2.63. The molecule has 0 saturated carbocycles. The van der Waals surface area contributed by atoms with E-state index in [0.29, 0.717) is 5.15 Å². The van der Waals surface area contributed by atoms with E-state index in [1.54, 1.807) is 0 Å². The SMILES string of the molecule is CC1=NCCN1CCc1ccc(Cl)nc1. The lowest BCUT2D eigenvalue weighted by Crippen LogP contribution is -2.27. The predicted octanol–water partition coefficient (Wildman–Crippen LogP) is 2.01. The molecule has 4 heteroatoms. The van der Waals surface area contributed by atoms with Gasteiger partial charge in [-0.2, -0.15) is 0 Å². The van der Waals surface area contributed by atoms with Crippen LogP contribution < -0.4 is 0 Å². The summed E-state index contributed by atoms with van der Waals surface area (Å²) < 4.78 is 0. The van der Waals surface area contributed by atoms with Crippen molar-refractivity contribution in [2.45, 2.75) is 13.3 Å². The molecule has 3 nitrogen and oxygen atoms in total. The number of rotatable bonds is 3. The molecule has 1 aliphatic rings. The molecule has 0 fully saturated rings. The van der Waals surface area contributed by atoms with Crippen LogP contribution in [-0.4, -0.2) is 35.4 Å². The minimum absolute atomic E-state index is 0.553. The van der Waals surface area contributed by atoms with E-state index in [1.807, 2.05) is 18.3 Å². The summed E-state index contributed by atoms with van der Waals surface area (Å²) in [5.41, 5.74) is 1.22. The maximum atomic E-state index is 5.72. The molecule has 1 aromatic heterocycles. The van der Waals surface area contributed by atoms with E-state index in [4.69, 9.17) is 11.6 Å². The van der Waals surface area contributed by atoms with Crippen LogP contribution in [0.25, 0.3) is 0 Å². The van der Waals surface area contributed by atoms with Gasteiger partial charge in [-0.25, -0.2) is 4.98 Å². The maximum Gasteiger partial charge on any atom is 0.129 e. The molecule has 0 unspecified atom stereocenters. The molecule has 0 radical (unpaired) electrons. The Bertz CT molecular complexity index is 359. The van der Waals surface area contributed by atoms with Gasteiger partial charge in [0, 0.05) is 19.3 Å². The lowest BCUT2D eigenvalue weighted by atomic mass is 10.2. The summed E-state index contributed by atoms with van der Waals surface area (Å²) >= 11 is 5.72. The van der Waals surface area contributed by atoms with Crippen LogP contribution in [0.5, 0.6) is 0 Å². The highest BCUT2D eigenvalue weighted by Gasteiger charge is 2.11. The maximum absolute atomic E-state index is 5.72. The summed E-state index contributed by atoms with van der Waals surface area (Å²) in [6, 6.07) is 3.86. The van der Waals surface area contributed by atoms with Crippen molar-refractivity contribution in [3.05, 3.63) is 29.0 Å². The van der Waals surface area contributed by atoms with E-state index < -0.39 is 0 Å². The standard InChI is InChI=1S/C11H14ClN3/c1-9-13-5-7-15(9)6-4-10-2-3-11(12)14-8-10/h2-3,8H,4-7H2,1H3. The first-order chi connectivity index (χ1) is 7.25. The highest BCUT2D eigenvalue weighted by Crippen LogP contribution is 2.08. The summed E-state index contributed by atoms with van der Waals surface area (Å²) in [6.07, 6.45) is 2.84. The normalized spacial score (nSPS) is 15.6. The Balaban J connectivity index is 1.88. The van der Waals surface area contributed by atoms with Crippen molar-refractivity contribution in [2.75, 3.05) is 19.6 Å². The molecule has 1 aromatic rings. The molecule has 80 valence electrons. The second-order valence-electron chi connectivity index (χ2n) is 3.66. The fourth-order valence-corrected chi connectivity index (χ4v) is 1.80. The molecule has 0 amide bonds. The monoisotopic (exact) mass is 223 g/mol. The Labute approximate surface area is 94.8 Å². The molecule has 2 rings (SSSR count). The number of halogens is 1. The van der Waals surface area contributed by atoms with Gasteiger partial charge in [0.25, 0.3) is 0 Å². The van der Waals surface area contributed by atoms with Gasteiger partial charge in [-0.15, -0.1) is 0 Å². The van der Waals surface area contributed by atoms with Crippen molar-refractivity contribution in [1.82, 2.24) is 9.88 Å². The fourth-order valence-electron chi connectivity index (χ4n) is 1.69. The quantitative estimate of drug-likeness (QED) is 0.734. The van der Waals surface area contributed by atoms with Crippen LogP contribution in [0.4, 0.5) is 0 Å².